The largest absolute Gasteiger partial charge is 0.298 e. The van der Waals surface area contributed by atoms with Gasteiger partial charge in [-0.25, -0.2) is 0 Å². The summed E-state index contributed by atoms with van der Waals surface area (Å²) in [7, 11) is 0. The molecule has 0 fully saturated rings. The number of nitrogens with one attached hydrogen (secondary N) is 1. The van der Waals surface area contributed by atoms with Crippen LogP contribution in [0.2, 0.25) is 0 Å². The summed E-state index contributed by atoms with van der Waals surface area (Å²) in [5.41, 5.74) is 1.63. The van der Waals surface area contributed by atoms with Crippen LogP contribution in [0.15, 0.2) is 6.20 Å². The van der Waals surface area contributed by atoms with Crippen molar-refractivity contribution in [1.29, 1.82) is 0 Å². The Morgan fingerprint density at radius 1 is 1.82 bits per heavy atom. The van der Waals surface area contributed by atoms with E-state index in [1.165, 1.54) is 0 Å². The molecule has 1 heterocycles. The van der Waals surface area contributed by atoms with Crippen molar-refractivity contribution in [2.24, 2.45) is 0 Å². The van der Waals surface area contributed by atoms with Crippen molar-refractivity contribution in [3.05, 3.63) is 17.5 Å². The molecule has 1 aromatic rings. The second-order valence-corrected chi connectivity index (χ2v) is 2.67. The maximum Gasteiger partial charge on any atom is 0.153 e. The third kappa shape index (κ3) is 1.48. The Balaban J connectivity index is 2.92. The van der Waals surface area contributed by atoms with Gasteiger partial charge in [-0.3, -0.25) is 9.89 Å². The summed E-state index contributed by atoms with van der Waals surface area (Å²) in [5, 5.41) is 6.63. The van der Waals surface area contributed by atoms with Gasteiger partial charge in [-0.1, -0.05) is 13.8 Å². The maximum absolute atomic E-state index is 10.4. The highest BCUT2D eigenvalue weighted by molar-refractivity contribution is 5.76. The number of carbonyl (C=O) groups excluding carboxylic acids is 1. The molecule has 0 saturated carbocycles. The first kappa shape index (κ1) is 7.98. The van der Waals surface area contributed by atoms with Crippen LogP contribution >= 0.6 is 0 Å². The number of hydrogen-bond donors (Lipinski definition) is 1. The van der Waals surface area contributed by atoms with Crippen molar-refractivity contribution in [3.8, 4) is 0 Å². The number of aldehydes is 1. The summed E-state index contributed by atoms with van der Waals surface area (Å²) >= 11 is 0. The van der Waals surface area contributed by atoms with E-state index in [1.54, 1.807) is 6.20 Å². The van der Waals surface area contributed by atoms with Gasteiger partial charge in [-0.05, 0) is 12.3 Å². The normalized spacial score (nSPS) is 12.9. The number of carbonyl (C=O) groups is 1. The molecule has 1 rings (SSSR count). The van der Waals surface area contributed by atoms with Gasteiger partial charge in [-0.15, -0.1) is 0 Å². The highest BCUT2D eigenvalue weighted by atomic mass is 16.1. The van der Waals surface area contributed by atoms with Gasteiger partial charge in [0, 0.05) is 5.69 Å². The van der Waals surface area contributed by atoms with Crippen molar-refractivity contribution >= 4 is 6.29 Å². The molecular weight excluding hydrogens is 140 g/mol. The fourth-order valence-electron chi connectivity index (χ4n) is 0.998. The molecule has 60 valence electrons. The van der Waals surface area contributed by atoms with Crippen LogP contribution in [0.3, 0.4) is 0 Å². The Hall–Kier alpha value is -1.12. The molecule has 1 aromatic heterocycles. The summed E-state index contributed by atoms with van der Waals surface area (Å²) in [6.45, 7) is 4.15. The lowest BCUT2D eigenvalue weighted by Gasteiger charge is -2.04. The van der Waals surface area contributed by atoms with Crippen molar-refractivity contribution < 1.29 is 4.79 Å². The van der Waals surface area contributed by atoms with Gasteiger partial charge in [0.15, 0.2) is 6.29 Å². The Morgan fingerprint density at radius 3 is 3.09 bits per heavy atom. The molecule has 0 aliphatic rings. The van der Waals surface area contributed by atoms with Gasteiger partial charge in [0.1, 0.15) is 0 Å². The van der Waals surface area contributed by atoms with Crippen LogP contribution in [0.25, 0.3) is 0 Å². The minimum Gasteiger partial charge on any atom is -0.298 e. The summed E-state index contributed by atoms with van der Waals surface area (Å²) in [6, 6.07) is 0. The molecule has 1 N–H and O–H groups in total. The van der Waals surface area contributed by atoms with Gasteiger partial charge in [-0.2, -0.15) is 5.10 Å². The zero-order chi connectivity index (χ0) is 8.27. The first-order valence-electron chi connectivity index (χ1n) is 3.78. The Morgan fingerprint density at radius 2 is 2.55 bits per heavy atom. The lowest BCUT2D eigenvalue weighted by molar-refractivity contribution is 0.112. The van der Waals surface area contributed by atoms with Crippen LogP contribution in [-0.2, 0) is 0 Å². The van der Waals surface area contributed by atoms with E-state index in [-0.39, 0.29) is 0 Å². The molecule has 0 saturated heterocycles. The second-order valence-electron chi connectivity index (χ2n) is 2.67. The van der Waals surface area contributed by atoms with E-state index < -0.39 is 0 Å². The molecule has 0 amide bonds. The van der Waals surface area contributed by atoms with Crippen LogP contribution < -0.4 is 0 Å². The number of rotatable bonds is 3. The summed E-state index contributed by atoms with van der Waals surface area (Å²) in [5.74, 6) is 0.387. The smallest absolute Gasteiger partial charge is 0.153 e. The maximum atomic E-state index is 10.4. The topological polar surface area (TPSA) is 45.8 Å². The van der Waals surface area contributed by atoms with E-state index in [2.05, 4.69) is 24.0 Å². The quantitative estimate of drug-likeness (QED) is 0.670. The van der Waals surface area contributed by atoms with Gasteiger partial charge in [0.25, 0.3) is 0 Å². The molecule has 0 spiro atoms. The SMILES string of the molecule is CCC(C)c1[nH]ncc1C=O. The van der Waals surface area contributed by atoms with Crippen LogP contribution in [0, 0.1) is 0 Å². The van der Waals surface area contributed by atoms with E-state index in [0.29, 0.717) is 11.5 Å². The van der Waals surface area contributed by atoms with Gasteiger partial charge in [0.2, 0.25) is 0 Å². The molecule has 0 aromatic carbocycles. The van der Waals surface area contributed by atoms with Crippen molar-refractivity contribution in [3.63, 3.8) is 0 Å². The molecule has 0 aliphatic heterocycles. The second kappa shape index (κ2) is 3.32. The Bertz CT molecular complexity index is 242. The molecule has 11 heavy (non-hydrogen) atoms. The number of aromatic nitrogens is 2. The molecule has 0 aliphatic carbocycles. The van der Waals surface area contributed by atoms with Crippen LogP contribution in [0.5, 0.6) is 0 Å². The van der Waals surface area contributed by atoms with Crippen molar-refractivity contribution in [2.45, 2.75) is 26.2 Å². The molecule has 0 bridgehead atoms. The predicted molar refractivity (Wildman–Crippen MR) is 42.7 cm³/mol. The predicted octanol–water partition coefficient (Wildman–Crippen LogP) is 1.74. The number of hydrogen-bond acceptors (Lipinski definition) is 2. The zero-order valence-electron chi connectivity index (χ0n) is 6.79. The fraction of sp³-hybridized carbons (Fsp3) is 0.500. The van der Waals surface area contributed by atoms with Gasteiger partial charge >= 0.3 is 0 Å². The number of H-pyrrole nitrogens is 1. The lowest BCUT2D eigenvalue weighted by Crippen LogP contribution is -1.95. The van der Waals surface area contributed by atoms with Gasteiger partial charge in [0.05, 0.1) is 11.8 Å². The van der Waals surface area contributed by atoms with E-state index >= 15 is 0 Å². The van der Waals surface area contributed by atoms with E-state index in [1.807, 2.05) is 0 Å². The molecule has 3 nitrogen and oxygen atoms in total. The number of aromatic amines is 1. The van der Waals surface area contributed by atoms with Crippen LogP contribution in [0.4, 0.5) is 0 Å². The van der Waals surface area contributed by atoms with E-state index in [4.69, 9.17) is 0 Å². The summed E-state index contributed by atoms with van der Waals surface area (Å²) in [4.78, 5) is 10.4. The minimum absolute atomic E-state index is 0.387. The van der Waals surface area contributed by atoms with Crippen LogP contribution in [-0.4, -0.2) is 16.5 Å². The van der Waals surface area contributed by atoms with Crippen LogP contribution in [0.1, 0.15) is 42.2 Å². The van der Waals surface area contributed by atoms with Gasteiger partial charge < -0.3 is 0 Å². The minimum atomic E-state index is 0.387. The Kier molecular flexibility index (Phi) is 2.41. The Labute approximate surface area is 65.8 Å². The average molecular weight is 152 g/mol. The molecular formula is C8H12N2O. The average Bonchev–Trinajstić information content (AvgIpc) is 2.50. The molecule has 1 unspecified atom stereocenters. The number of nitrogens with zero attached hydrogens (tertiary/aromatic N) is 1. The molecule has 3 heteroatoms. The monoisotopic (exact) mass is 152 g/mol. The first-order valence-corrected chi connectivity index (χ1v) is 3.78. The molecule has 1 atom stereocenters. The highest BCUT2D eigenvalue weighted by Gasteiger charge is 2.09. The van der Waals surface area contributed by atoms with Crippen molar-refractivity contribution in [2.75, 3.05) is 0 Å². The van der Waals surface area contributed by atoms with E-state index in [0.717, 1.165) is 18.4 Å². The first-order chi connectivity index (χ1) is 5.29. The lowest BCUT2D eigenvalue weighted by atomic mass is 10.0. The van der Waals surface area contributed by atoms with Crippen molar-refractivity contribution in [1.82, 2.24) is 10.2 Å². The zero-order valence-corrected chi connectivity index (χ0v) is 6.79. The standard InChI is InChI=1S/C8H12N2O/c1-3-6(2)8-7(5-11)4-9-10-8/h4-6H,3H2,1-2H3,(H,9,10). The fourth-order valence-corrected chi connectivity index (χ4v) is 0.998. The summed E-state index contributed by atoms with van der Waals surface area (Å²) in [6.07, 6.45) is 3.42. The third-order valence-corrected chi connectivity index (χ3v) is 1.93. The molecule has 0 radical (unpaired) electrons. The highest BCUT2D eigenvalue weighted by Crippen LogP contribution is 2.18. The third-order valence-electron chi connectivity index (χ3n) is 1.93. The van der Waals surface area contributed by atoms with E-state index in [9.17, 15) is 4.79 Å². The summed E-state index contributed by atoms with van der Waals surface area (Å²) < 4.78 is 0.